The Bertz CT molecular complexity index is 678. The highest BCUT2D eigenvalue weighted by Crippen LogP contribution is 2.50. The second kappa shape index (κ2) is 6.70. The predicted molar refractivity (Wildman–Crippen MR) is 98.6 cm³/mol. The van der Waals surface area contributed by atoms with Crippen LogP contribution in [0.5, 0.6) is 5.75 Å². The Morgan fingerprint density at radius 2 is 1.76 bits per heavy atom. The van der Waals surface area contributed by atoms with Crippen LogP contribution in [0.3, 0.4) is 0 Å². The molecule has 1 unspecified atom stereocenters. The molecule has 138 valence electrons. The van der Waals surface area contributed by atoms with Crippen LogP contribution in [0, 0.1) is 5.92 Å². The topological polar surface area (TPSA) is 81.4 Å². The zero-order chi connectivity index (χ0) is 19.0. The van der Waals surface area contributed by atoms with Crippen molar-refractivity contribution in [2.24, 2.45) is 11.7 Å². The van der Waals surface area contributed by atoms with Crippen molar-refractivity contribution in [3.05, 3.63) is 29.3 Å². The van der Waals surface area contributed by atoms with E-state index < -0.39 is 11.9 Å². The number of hydrogen-bond acceptors (Lipinski definition) is 3. The first-order valence-electron chi connectivity index (χ1n) is 8.80. The molecule has 1 aliphatic carbocycles. The van der Waals surface area contributed by atoms with Gasteiger partial charge in [0.2, 0.25) is 5.91 Å². The number of ether oxygens (including phenoxy) is 1. The van der Waals surface area contributed by atoms with Gasteiger partial charge in [-0.25, -0.2) is 0 Å². The van der Waals surface area contributed by atoms with Gasteiger partial charge >= 0.3 is 0 Å². The number of rotatable bonds is 6. The fourth-order valence-corrected chi connectivity index (χ4v) is 3.99. The molecule has 5 nitrogen and oxygen atoms in total. The molecule has 0 heterocycles. The number of amides is 2. The summed E-state index contributed by atoms with van der Waals surface area (Å²) in [5.74, 6) is -0.285. The molecule has 1 aliphatic rings. The van der Waals surface area contributed by atoms with Crippen LogP contribution < -0.4 is 15.8 Å². The summed E-state index contributed by atoms with van der Waals surface area (Å²) in [6, 6.07) is 5.35. The van der Waals surface area contributed by atoms with Crippen LogP contribution in [0.1, 0.15) is 59.1 Å². The summed E-state index contributed by atoms with van der Waals surface area (Å²) in [6.07, 6.45) is 1.08. The molecule has 0 fully saturated rings. The third kappa shape index (κ3) is 4.14. The van der Waals surface area contributed by atoms with Gasteiger partial charge in [-0.05, 0) is 46.4 Å². The van der Waals surface area contributed by atoms with Gasteiger partial charge in [0.1, 0.15) is 11.8 Å². The molecule has 0 spiro atoms. The van der Waals surface area contributed by atoms with Crippen molar-refractivity contribution in [3.8, 4) is 5.75 Å². The van der Waals surface area contributed by atoms with Crippen LogP contribution in [0.2, 0.25) is 0 Å². The molecular formula is C20H30N2O3. The summed E-state index contributed by atoms with van der Waals surface area (Å²) in [6.45, 7) is 12.5. The maximum Gasteiger partial charge on any atom is 0.258 e. The van der Waals surface area contributed by atoms with Crippen molar-refractivity contribution in [1.29, 1.82) is 0 Å². The quantitative estimate of drug-likeness (QED) is 0.831. The zero-order valence-corrected chi connectivity index (χ0v) is 16.1. The number of carbonyl (C=O) groups excluding carboxylic acids is 2. The van der Waals surface area contributed by atoms with Gasteiger partial charge in [-0.3, -0.25) is 9.59 Å². The van der Waals surface area contributed by atoms with Gasteiger partial charge in [0.05, 0.1) is 0 Å². The molecule has 1 atom stereocenters. The van der Waals surface area contributed by atoms with E-state index in [0.717, 1.165) is 6.42 Å². The maximum absolute atomic E-state index is 12.1. The van der Waals surface area contributed by atoms with E-state index in [1.54, 1.807) is 0 Å². The zero-order valence-electron chi connectivity index (χ0n) is 16.1. The molecular weight excluding hydrogens is 316 g/mol. The van der Waals surface area contributed by atoms with Crippen molar-refractivity contribution < 1.29 is 14.3 Å². The van der Waals surface area contributed by atoms with E-state index in [-0.39, 0.29) is 29.3 Å². The standard InChI is InChI=1S/C20H30N2O3/c1-12(2)17(18(21)24)22-16(23)10-25-13-7-8-14-15(9-13)20(5,6)11-19(14,3)4/h7-9,12,17H,10-11H2,1-6H3,(H2,21,24)(H,22,23). The van der Waals surface area contributed by atoms with E-state index in [4.69, 9.17) is 10.5 Å². The Morgan fingerprint density at radius 1 is 1.16 bits per heavy atom. The molecule has 5 heteroatoms. The summed E-state index contributed by atoms with van der Waals surface area (Å²) in [5, 5.41) is 2.63. The molecule has 2 rings (SSSR count). The first kappa shape index (κ1) is 19.3. The molecule has 0 saturated carbocycles. The molecule has 0 aromatic heterocycles. The Hall–Kier alpha value is -2.04. The number of benzene rings is 1. The predicted octanol–water partition coefficient (Wildman–Crippen LogP) is 2.65. The lowest BCUT2D eigenvalue weighted by molar-refractivity contribution is -0.129. The second-order valence-corrected chi connectivity index (χ2v) is 8.63. The summed E-state index contributed by atoms with van der Waals surface area (Å²) in [4.78, 5) is 23.4. The summed E-state index contributed by atoms with van der Waals surface area (Å²) in [5.41, 5.74) is 8.14. The van der Waals surface area contributed by atoms with Crippen molar-refractivity contribution >= 4 is 11.8 Å². The molecule has 1 aromatic carbocycles. The lowest BCUT2D eigenvalue weighted by atomic mass is 9.82. The SMILES string of the molecule is CC(C)C(NC(=O)COc1ccc2c(c1)C(C)(C)CC2(C)C)C(N)=O. The smallest absolute Gasteiger partial charge is 0.258 e. The Morgan fingerprint density at radius 3 is 2.32 bits per heavy atom. The largest absolute Gasteiger partial charge is 0.484 e. The summed E-state index contributed by atoms with van der Waals surface area (Å²) >= 11 is 0. The van der Waals surface area contributed by atoms with Gasteiger partial charge in [0.25, 0.3) is 5.91 Å². The van der Waals surface area contributed by atoms with E-state index in [0.29, 0.717) is 5.75 Å². The third-order valence-electron chi connectivity index (χ3n) is 4.99. The molecule has 25 heavy (non-hydrogen) atoms. The lowest BCUT2D eigenvalue weighted by Crippen LogP contribution is -2.49. The molecule has 0 saturated heterocycles. The van der Waals surface area contributed by atoms with Crippen molar-refractivity contribution in [1.82, 2.24) is 5.32 Å². The normalized spacial score (nSPS) is 18.5. The summed E-state index contributed by atoms with van der Waals surface area (Å²) in [7, 11) is 0. The molecule has 1 aromatic rings. The van der Waals surface area contributed by atoms with Crippen LogP contribution >= 0.6 is 0 Å². The van der Waals surface area contributed by atoms with Crippen LogP contribution in [-0.2, 0) is 20.4 Å². The van der Waals surface area contributed by atoms with Gasteiger partial charge in [-0.15, -0.1) is 0 Å². The van der Waals surface area contributed by atoms with E-state index >= 15 is 0 Å². The van der Waals surface area contributed by atoms with Gasteiger partial charge in [-0.1, -0.05) is 47.6 Å². The van der Waals surface area contributed by atoms with Crippen LogP contribution in [0.4, 0.5) is 0 Å². The number of hydrogen-bond donors (Lipinski definition) is 2. The van der Waals surface area contributed by atoms with Crippen molar-refractivity contribution in [2.75, 3.05) is 6.61 Å². The van der Waals surface area contributed by atoms with Gasteiger partial charge in [0, 0.05) is 0 Å². The average molecular weight is 346 g/mol. The van der Waals surface area contributed by atoms with E-state index in [9.17, 15) is 9.59 Å². The Kier molecular flexibility index (Phi) is 5.17. The third-order valence-corrected chi connectivity index (χ3v) is 4.99. The molecule has 2 amide bonds. The average Bonchev–Trinajstić information content (AvgIpc) is 2.66. The number of fused-ring (bicyclic) bond motifs is 1. The second-order valence-electron chi connectivity index (χ2n) is 8.63. The maximum atomic E-state index is 12.1. The Balaban J connectivity index is 2.06. The first-order chi connectivity index (χ1) is 11.4. The number of carbonyl (C=O) groups is 2. The highest BCUT2D eigenvalue weighted by molar-refractivity contribution is 5.87. The highest BCUT2D eigenvalue weighted by Gasteiger charge is 2.41. The van der Waals surface area contributed by atoms with E-state index in [2.05, 4.69) is 39.1 Å². The number of primary amides is 1. The van der Waals surface area contributed by atoms with Crippen molar-refractivity contribution in [2.45, 2.75) is 64.8 Å². The molecule has 0 radical (unpaired) electrons. The summed E-state index contributed by atoms with van der Waals surface area (Å²) < 4.78 is 5.65. The lowest BCUT2D eigenvalue weighted by Gasteiger charge is -2.22. The number of nitrogens with two attached hydrogens (primary N) is 1. The first-order valence-corrected chi connectivity index (χ1v) is 8.80. The van der Waals surface area contributed by atoms with Gasteiger partial charge in [0.15, 0.2) is 6.61 Å². The van der Waals surface area contributed by atoms with Gasteiger partial charge in [-0.2, -0.15) is 0 Å². The van der Waals surface area contributed by atoms with E-state index in [1.807, 2.05) is 26.0 Å². The minimum Gasteiger partial charge on any atom is -0.484 e. The van der Waals surface area contributed by atoms with Crippen molar-refractivity contribution in [3.63, 3.8) is 0 Å². The minimum absolute atomic E-state index is 0.0653. The van der Waals surface area contributed by atoms with Crippen LogP contribution in [0.25, 0.3) is 0 Å². The fourth-order valence-electron chi connectivity index (χ4n) is 3.99. The van der Waals surface area contributed by atoms with Gasteiger partial charge < -0.3 is 15.8 Å². The molecule has 0 bridgehead atoms. The minimum atomic E-state index is -0.684. The van der Waals surface area contributed by atoms with Crippen LogP contribution in [-0.4, -0.2) is 24.5 Å². The fraction of sp³-hybridized carbons (Fsp3) is 0.600. The van der Waals surface area contributed by atoms with Crippen LogP contribution in [0.15, 0.2) is 18.2 Å². The molecule has 3 N–H and O–H groups in total. The van der Waals surface area contributed by atoms with E-state index in [1.165, 1.54) is 11.1 Å². The monoisotopic (exact) mass is 346 g/mol. The number of nitrogens with one attached hydrogen (secondary N) is 1. The Labute approximate surface area is 150 Å². The molecule has 0 aliphatic heterocycles. The highest BCUT2D eigenvalue weighted by atomic mass is 16.5.